The van der Waals surface area contributed by atoms with Crippen molar-refractivity contribution in [3.8, 4) is 11.5 Å². The molecule has 0 amide bonds. The van der Waals surface area contributed by atoms with Gasteiger partial charge in [0, 0.05) is 24.2 Å². The number of hydrogen-bond acceptors (Lipinski definition) is 4. The number of nitrogens with zero attached hydrogens (tertiary/aromatic N) is 2. The van der Waals surface area contributed by atoms with Crippen LogP contribution in [-0.2, 0) is 12.8 Å². The van der Waals surface area contributed by atoms with Gasteiger partial charge in [0.2, 0.25) is 0 Å². The minimum absolute atomic E-state index is 0.609. The molecule has 4 nitrogen and oxygen atoms in total. The van der Waals surface area contributed by atoms with Crippen LogP contribution in [0.1, 0.15) is 52.8 Å². The second-order valence-electron chi connectivity index (χ2n) is 6.17. The molecule has 0 N–H and O–H groups in total. The van der Waals surface area contributed by atoms with E-state index in [2.05, 4.69) is 23.8 Å². The van der Waals surface area contributed by atoms with Crippen molar-refractivity contribution in [3.63, 3.8) is 0 Å². The molecular formula is C22H34N2O2. The Hall–Kier alpha value is -2.10. The van der Waals surface area contributed by atoms with Gasteiger partial charge in [-0.3, -0.25) is 9.97 Å². The Morgan fingerprint density at radius 1 is 0.846 bits per heavy atom. The first-order valence-electron chi connectivity index (χ1n) is 9.84. The van der Waals surface area contributed by atoms with Gasteiger partial charge >= 0.3 is 0 Å². The molecule has 2 atom stereocenters. The van der Waals surface area contributed by atoms with E-state index in [1.165, 1.54) is 5.56 Å². The zero-order valence-electron chi connectivity index (χ0n) is 17.2. The zero-order valence-corrected chi connectivity index (χ0v) is 17.2. The van der Waals surface area contributed by atoms with E-state index in [4.69, 9.17) is 9.47 Å². The van der Waals surface area contributed by atoms with Crippen molar-refractivity contribution >= 4 is 0 Å². The van der Waals surface area contributed by atoms with E-state index >= 15 is 0 Å². The van der Waals surface area contributed by atoms with Crippen LogP contribution in [-0.4, -0.2) is 23.2 Å². The number of aromatic nitrogens is 2. The van der Waals surface area contributed by atoms with Gasteiger partial charge in [0.1, 0.15) is 11.5 Å². The summed E-state index contributed by atoms with van der Waals surface area (Å²) in [6.45, 7) is 14.0. The molecule has 0 saturated heterocycles. The summed E-state index contributed by atoms with van der Waals surface area (Å²) in [4.78, 5) is 8.30. The van der Waals surface area contributed by atoms with Gasteiger partial charge in [-0.05, 0) is 42.9 Å². The van der Waals surface area contributed by atoms with E-state index in [0.29, 0.717) is 11.8 Å². The van der Waals surface area contributed by atoms with Crippen LogP contribution in [0.15, 0.2) is 36.8 Å². The molecule has 144 valence electrons. The van der Waals surface area contributed by atoms with Crippen LogP contribution in [0.5, 0.6) is 11.5 Å². The van der Waals surface area contributed by atoms with Crippen molar-refractivity contribution in [2.24, 2.45) is 11.8 Å². The van der Waals surface area contributed by atoms with E-state index in [1.54, 1.807) is 6.20 Å². The molecule has 2 aromatic heterocycles. The van der Waals surface area contributed by atoms with Crippen molar-refractivity contribution in [2.45, 2.75) is 54.4 Å². The standard InChI is InChI=1S/2C9H11NO.2C2H6/c1-7-4-8-5-10-3-2-9(8)11-6-7;1-7-5-8-9(11-6-7)3-2-4-10-8;2*1-2/h2-3,5,7H,4,6H2,1H3;2-4,7H,5-6H2,1H3;2*1-2H3. The fourth-order valence-corrected chi connectivity index (χ4v) is 2.70. The minimum atomic E-state index is 0.609. The van der Waals surface area contributed by atoms with Crippen LogP contribution in [0.3, 0.4) is 0 Å². The predicted molar refractivity (Wildman–Crippen MR) is 108 cm³/mol. The van der Waals surface area contributed by atoms with Crippen LogP contribution in [0.2, 0.25) is 0 Å². The second-order valence-corrected chi connectivity index (χ2v) is 6.17. The Morgan fingerprint density at radius 3 is 2.23 bits per heavy atom. The molecule has 2 unspecified atom stereocenters. The normalized spacial score (nSPS) is 19.2. The molecule has 2 aliphatic rings. The van der Waals surface area contributed by atoms with Crippen molar-refractivity contribution < 1.29 is 9.47 Å². The lowest BCUT2D eigenvalue weighted by atomic mass is 10.0. The fraction of sp³-hybridized carbons (Fsp3) is 0.545. The van der Waals surface area contributed by atoms with Crippen LogP contribution in [0.25, 0.3) is 0 Å². The largest absolute Gasteiger partial charge is 0.493 e. The lowest BCUT2D eigenvalue weighted by Crippen LogP contribution is -2.18. The highest BCUT2D eigenvalue weighted by molar-refractivity contribution is 5.32. The molecule has 4 heteroatoms. The van der Waals surface area contributed by atoms with Crippen molar-refractivity contribution in [1.29, 1.82) is 0 Å². The summed E-state index contributed by atoms with van der Waals surface area (Å²) >= 11 is 0. The summed E-state index contributed by atoms with van der Waals surface area (Å²) in [5, 5.41) is 0. The van der Waals surface area contributed by atoms with Gasteiger partial charge < -0.3 is 9.47 Å². The van der Waals surface area contributed by atoms with Gasteiger partial charge in [-0.15, -0.1) is 0 Å². The lowest BCUT2D eigenvalue weighted by molar-refractivity contribution is 0.230. The molecule has 0 spiro atoms. The topological polar surface area (TPSA) is 44.2 Å². The first-order valence-corrected chi connectivity index (χ1v) is 9.84. The number of ether oxygens (including phenoxy) is 2. The summed E-state index contributed by atoms with van der Waals surface area (Å²) in [6.07, 6.45) is 7.64. The Balaban J connectivity index is 0.000000219. The third-order valence-corrected chi connectivity index (χ3v) is 3.86. The lowest BCUT2D eigenvalue weighted by Gasteiger charge is -2.21. The van der Waals surface area contributed by atoms with Gasteiger partial charge in [-0.2, -0.15) is 0 Å². The van der Waals surface area contributed by atoms with Gasteiger partial charge in [0.05, 0.1) is 18.9 Å². The van der Waals surface area contributed by atoms with Crippen molar-refractivity contribution in [3.05, 3.63) is 48.0 Å². The molecule has 4 heterocycles. The van der Waals surface area contributed by atoms with Crippen molar-refractivity contribution in [2.75, 3.05) is 13.2 Å². The van der Waals surface area contributed by atoms with E-state index < -0.39 is 0 Å². The number of rotatable bonds is 0. The van der Waals surface area contributed by atoms with Crippen molar-refractivity contribution in [1.82, 2.24) is 9.97 Å². The Bertz CT molecular complexity index is 576. The Morgan fingerprint density at radius 2 is 1.50 bits per heavy atom. The van der Waals surface area contributed by atoms with Crippen LogP contribution >= 0.6 is 0 Å². The van der Waals surface area contributed by atoms with E-state index in [0.717, 1.165) is 43.2 Å². The van der Waals surface area contributed by atoms with Gasteiger partial charge in [0.25, 0.3) is 0 Å². The minimum Gasteiger partial charge on any atom is -0.493 e. The third-order valence-electron chi connectivity index (χ3n) is 3.86. The summed E-state index contributed by atoms with van der Waals surface area (Å²) < 4.78 is 11.0. The molecule has 0 saturated carbocycles. The average molecular weight is 359 g/mol. The molecule has 0 bridgehead atoms. The summed E-state index contributed by atoms with van der Waals surface area (Å²) in [5.74, 6) is 3.22. The zero-order chi connectivity index (χ0) is 19.4. The average Bonchev–Trinajstić information content (AvgIpc) is 2.71. The fourth-order valence-electron chi connectivity index (χ4n) is 2.70. The summed E-state index contributed by atoms with van der Waals surface area (Å²) in [6, 6.07) is 5.82. The molecule has 0 fully saturated rings. The first kappa shape index (κ1) is 21.9. The quantitative estimate of drug-likeness (QED) is 0.636. The Labute approximate surface area is 159 Å². The molecule has 4 rings (SSSR count). The smallest absolute Gasteiger partial charge is 0.140 e. The highest BCUT2D eigenvalue weighted by atomic mass is 16.5. The Kier molecular flexibility index (Phi) is 10.4. The molecule has 2 aromatic rings. The highest BCUT2D eigenvalue weighted by Crippen LogP contribution is 2.25. The van der Waals surface area contributed by atoms with Crippen LogP contribution < -0.4 is 9.47 Å². The maximum absolute atomic E-state index is 5.50. The highest BCUT2D eigenvalue weighted by Gasteiger charge is 2.16. The second kappa shape index (κ2) is 12.3. The maximum atomic E-state index is 5.50. The number of pyridine rings is 2. The van der Waals surface area contributed by atoms with Crippen LogP contribution in [0, 0.1) is 11.8 Å². The molecule has 0 aliphatic carbocycles. The number of fused-ring (bicyclic) bond motifs is 2. The molecule has 0 aromatic carbocycles. The first-order chi connectivity index (χ1) is 12.7. The van der Waals surface area contributed by atoms with E-state index in [1.807, 2.05) is 58.3 Å². The van der Waals surface area contributed by atoms with E-state index in [9.17, 15) is 0 Å². The monoisotopic (exact) mass is 358 g/mol. The summed E-state index contributed by atoms with van der Waals surface area (Å²) in [5.41, 5.74) is 2.34. The molecular weight excluding hydrogens is 324 g/mol. The third kappa shape index (κ3) is 6.66. The van der Waals surface area contributed by atoms with Gasteiger partial charge in [0.15, 0.2) is 0 Å². The molecule has 2 aliphatic heterocycles. The molecule has 0 radical (unpaired) electrons. The SMILES string of the molecule is CC.CC.CC1COc2cccnc2C1.CC1COc2ccncc2C1. The predicted octanol–water partition coefficient (Wildman–Crippen LogP) is 5.36. The molecule has 26 heavy (non-hydrogen) atoms. The summed E-state index contributed by atoms with van der Waals surface area (Å²) in [7, 11) is 0. The van der Waals surface area contributed by atoms with Gasteiger partial charge in [-0.1, -0.05) is 41.5 Å². The number of hydrogen-bond donors (Lipinski definition) is 0. The van der Waals surface area contributed by atoms with Crippen LogP contribution in [0.4, 0.5) is 0 Å². The van der Waals surface area contributed by atoms with E-state index in [-0.39, 0.29) is 0 Å². The maximum Gasteiger partial charge on any atom is 0.140 e. The van der Waals surface area contributed by atoms with Gasteiger partial charge in [-0.25, -0.2) is 0 Å².